The Hall–Kier alpha value is -2.03. The number of carbonyl (C=O) groups is 1. The predicted octanol–water partition coefficient (Wildman–Crippen LogP) is 4.08. The van der Waals surface area contributed by atoms with Gasteiger partial charge < -0.3 is 9.84 Å². The van der Waals surface area contributed by atoms with Crippen molar-refractivity contribution in [3.05, 3.63) is 52.5 Å². The molecule has 1 atom stereocenters. The number of aliphatic carboxylic acids is 1. The molecule has 2 aromatic carbocycles. The van der Waals surface area contributed by atoms with Crippen LogP contribution in [-0.2, 0) is 4.79 Å². The van der Waals surface area contributed by atoms with E-state index in [2.05, 4.69) is 28.3 Å². The molecule has 8 heteroatoms. The van der Waals surface area contributed by atoms with Gasteiger partial charge in [-0.25, -0.2) is 10.2 Å². The lowest BCUT2D eigenvalue weighted by Gasteiger charge is -2.15. The van der Waals surface area contributed by atoms with Crippen LogP contribution in [0.1, 0.15) is 12.5 Å². The molecule has 1 heterocycles. The van der Waals surface area contributed by atoms with E-state index >= 15 is 0 Å². The Morgan fingerprint density at radius 3 is 2.89 bits per heavy atom. The Bertz CT molecular complexity index is 875. The van der Waals surface area contributed by atoms with Crippen LogP contribution >= 0.6 is 27.7 Å². The maximum Gasteiger partial charge on any atom is 0.341 e. The van der Waals surface area contributed by atoms with Gasteiger partial charge in [-0.3, -0.25) is 0 Å². The van der Waals surface area contributed by atoms with Crippen LogP contribution in [0.25, 0.3) is 0 Å². The average molecular weight is 450 g/mol. The molecule has 0 fully saturated rings. The molecule has 6 nitrogen and oxygen atoms in total. The van der Waals surface area contributed by atoms with Gasteiger partial charge in [-0.15, -0.1) is 11.8 Å². The van der Waals surface area contributed by atoms with E-state index < -0.39 is 5.97 Å². The second kappa shape index (κ2) is 8.77. The molecule has 1 unspecified atom stereocenters. The minimum Gasteiger partial charge on any atom is -0.482 e. The molecule has 1 aliphatic rings. The maximum absolute atomic E-state index is 10.6. The third kappa shape index (κ3) is 5.24. The quantitative estimate of drug-likeness (QED) is 0.620. The van der Waals surface area contributed by atoms with Crippen LogP contribution in [0, 0.1) is 6.92 Å². The summed E-state index contributed by atoms with van der Waals surface area (Å²) in [5, 5.41) is 15.2. The summed E-state index contributed by atoms with van der Waals surface area (Å²) in [4.78, 5) is 11.7. The number of carboxylic acid groups (broad SMARTS) is 1. The van der Waals surface area contributed by atoms with Crippen molar-refractivity contribution in [1.82, 2.24) is 5.43 Å². The second-order valence-corrected chi connectivity index (χ2v) is 8.10. The number of hydrazine groups is 1. The smallest absolute Gasteiger partial charge is 0.341 e. The number of nitrogens with one attached hydrogen (secondary N) is 1. The first-order valence-electron chi connectivity index (χ1n) is 8.39. The highest BCUT2D eigenvalue weighted by Crippen LogP contribution is 2.27. The largest absolute Gasteiger partial charge is 0.482 e. The number of hydrogen-bond donors (Lipinski definition) is 2. The van der Waals surface area contributed by atoms with Gasteiger partial charge in [0.05, 0.1) is 17.4 Å². The summed E-state index contributed by atoms with van der Waals surface area (Å²) in [7, 11) is 0. The summed E-state index contributed by atoms with van der Waals surface area (Å²) in [6, 6.07) is 13.9. The standard InChI is InChI=1S/C19H20BrN3O3S/c1-12-8-16(6-7-18(12)26-10-19(24)25)27-11-17-13(2)21-23(22-17)15-5-3-4-14(20)9-15/h3-9,13,21H,10-11H2,1-2H3,(H,24,25). The molecule has 0 saturated carbocycles. The molecule has 0 radical (unpaired) electrons. The summed E-state index contributed by atoms with van der Waals surface area (Å²) < 4.78 is 6.28. The summed E-state index contributed by atoms with van der Waals surface area (Å²) in [6.45, 7) is 3.66. The van der Waals surface area contributed by atoms with Crippen molar-refractivity contribution in [3.8, 4) is 5.75 Å². The van der Waals surface area contributed by atoms with Gasteiger partial charge in [0, 0.05) is 15.1 Å². The third-order valence-electron chi connectivity index (χ3n) is 3.98. The van der Waals surface area contributed by atoms with Crippen molar-refractivity contribution in [3.63, 3.8) is 0 Å². The van der Waals surface area contributed by atoms with Crippen LogP contribution in [0.2, 0.25) is 0 Å². The number of ether oxygens (including phenoxy) is 1. The van der Waals surface area contributed by atoms with Crippen LogP contribution in [0.15, 0.2) is 56.9 Å². The van der Waals surface area contributed by atoms with E-state index in [4.69, 9.17) is 14.9 Å². The molecule has 0 bridgehead atoms. The van der Waals surface area contributed by atoms with Crippen LogP contribution in [0.4, 0.5) is 5.69 Å². The van der Waals surface area contributed by atoms with E-state index in [9.17, 15) is 4.79 Å². The zero-order chi connectivity index (χ0) is 19.4. The summed E-state index contributed by atoms with van der Waals surface area (Å²) in [5.41, 5.74) is 6.30. The molecular weight excluding hydrogens is 430 g/mol. The van der Waals surface area contributed by atoms with Crippen molar-refractivity contribution >= 4 is 45.1 Å². The molecule has 1 aliphatic heterocycles. The number of anilines is 1. The lowest BCUT2D eigenvalue weighted by atomic mass is 10.2. The minimum absolute atomic E-state index is 0.149. The molecule has 2 aromatic rings. The van der Waals surface area contributed by atoms with Gasteiger partial charge in [0.2, 0.25) is 0 Å². The van der Waals surface area contributed by atoms with Gasteiger partial charge in [0.15, 0.2) is 6.61 Å². The molecule has 2 N–H and O–H groups in total. The van der Waals surface area contributed by atoms with Crippen molar-refractivity contribution in [2.45, 2.75) is 24.8 Å². The third-order valence-corrected chi connectivity index (χ3v) is 5.50. The fourth-order valence-corrected chi connectivity index (χ4v) is 4.00. The van der Waals surface area contributed by atoms with Gasteiger partial charge in [-0.1, -0.05) is 22.0 Å². The Kier molecular flexibility index (Phi) is 6.41. The number of hydrogen-bond acceptors (Lipinski definition) is 6. The molecule has 0 aromatic heterocycles. The molecule has 27 heavy (non-hydrogen) atoms. The van der Waals surface area contributed by atoms with Crippen LogP contribution in [0.5, 0.6) is 5.75 Å². The zero-order valence-electron chi connectivity index (χ0n) is 15.0. The monoisotopic (exact) mass is 449 g/mol. The fraction of sp³-hybridized carbons (Fsp3) is 0.263. The normalized spacial score (nSPS) is 16.3. The highest BCUT2D eigenvalue weighted by molar-refractivity contribution is 9.10. The Labute approximate surface area is 170 Å². The first-order chi connectivity index (χ1) is 12.9. The van der Waals surface area contributed by atoms with Crippen molar-refractivity contribution in [2.75, 3.05) is 17.5 Å². The van der Waals surface area contributed by atoms with E-state index in [0.29, 0.717) is 5.75 Å². The first-order valence-corrected chi connectivity index (χ1v) is 10.2. The minimum atomic E-state index is -0.983. The Morgan fingerprint density at radius 1 is 1.37 bits per heavy atom. The number of carboxylic acids is 1. The number of rotatable bonds is 7. The fourth-order valence-electron chi connectivity index (χ4n) is 2.57. The van der Waals surface area contributed by atoms with Gasteiger partial charge in [-0.05, 0) is 55.8 Å². The number of hydrazone groups is 1. The highest BCUT2D eigenvalue weighted by atomic mass is 79.9. The predicted molar refractivity (Wildman–Crippen MR) is 112 cm³/mol. The topological polar surface area (TPSA) is 74.2 Å². The summed E-state index contributed by atoms with van der Waals surface area (Å²) >= 11 is 5.17. The van der Waals surface area contributed by atoms with Crippen LogP contribution in [0.3, 0.4) is 0 Å². The maximum atomic E-state index is 10.6. The van der Waals surface area contributed by atoms with Crippen molar-refractivity contribution in [1.29, 1.82) is 0 Å². The lowest BCUT2D eigenvalue weighted by molar-refractivity contribution is -0.139. The number of aryl methyl sites for hydroxylation is 1. The van der Waals surface area contributed by atoms with Gasteiger partial charge in [0.25, 0.3) is 0 Å². The molecule has 0 amide bonds. The lowest BCUT2D eigenvalue weighted by Crippen LogP contribution is -2.36. The molecule has 142 valence electrons. The highest BCUT2D eigenvalue weighted by Gasteiger charge is 2.23. The van der Waals surface area contributed by atoms with Gasteiger partial charge in [-0.2, -0.15) is 10.2 Å². The number of halogens is 1. The number of nitrogens with zero attached hydrogens (tertiary/aromatic N) is 2. The zero-order valence-corrected chi connectivity index (χ0v) is 17.4. The van der Waals surface area contributed by atoms with Gasteiger partial charge >= 0.3 is 5.97 Å². The molecule has 3 rings (SSSR count). The molecule has 0 saturated heterocycles. The van der Waals surface area contributed by atoms with Crippen molar-refractivity contribution < 1.29 is 14.6 Å². The van der Waals surface area contributed by atoms with E-state index in [1.54, 1.807) is 16.9 Å². The number of thioether (sulfide) groups is 1. The van der Waals surface area contributed by atoms with E-state index in [1.165, 1.54) is 0 Å². The Morgan fingerprint density at radius 2 is 2.19 bits per heavy atom. The summed E-state index contributed by atoms with van der Waals surface area (Å²) in [6.07, 6.45) is 0. The first kappa shape index (κ1) is 19.7. The molecule has 0 spiro atoms. The van der Waals surface area contributed by atoms with E-state index in [1.807, 2.05) is 49.4 Å². The second-order valence-electron chi connectivity index (χ2n) is 6.13. The van der Waals surface area contributed by atoms with E-state index in [-0.39, 0.29) is 12.6 Å². The molecular formula is C19H20BrN3O3S. The SMILES string of the molecule is Cc1cc(SCC2=NN(c3cccc(Br)c3)NC2C)ccc1OCC(=O)O. The van der Waals surface area contributed by atoms with Gasteiger partial charge in [0.1, 0.15) is 5.75 Å². The van der Waals surface area contributed by atoms with E-state index in [0.717, 1.165) is 32.1 Å². The number of benzene rings is 2. The Balaban J connectivity index is 1.63. The van der Waals surface area contributed by atoms with Crippen LogP contribution < -0.4 is 15.3 Å². The summed E-state index contributed by atoms with van der Waals surface area (Å²) in [5.74, 6) is 0.368. The molecule has 0 aliphatic carbocycles. The average Bonchev–Trinajstić information content (AvgIpc) is 3.00. The van der Waals surface area contributed by atoms with Crippen LogP contribution in [-0.4, -0.2) is 35.2 Å². The van der Waals surface area contributed by atoms with Crippen molar-refractivity contribution in [2.24, 2.45) is 5.10 Å².